The molecule has 8 nitrogen and oxygen atoms in total. The number of anilines is 1. The first-order valence-corrected chi connectivity index (χ1v) is 16.0. The summed E-state index contributed by atoms with van der Waals surface area (Å²) < 4.78 is 34.4. The number of amides is 2. The molecule has 1 fully saturated rings. The van der Waals surface area contributed by atoms with Crippen molar-refractivity contribution in [2.45, 2.75) is 75.9 Å². The number of methoxy groups -OCH3 is 1. The fourth-order valence-electron chi connectivity index (χ4n) is 5.45. The predicted octanol–water partition coefficient (Wildman–Crippen LogP) is 5.46. The van der Waals surface area contributed by atoms with Crippen LogP contribution < -0.4 is 14.4 Å². The lowest BCUT2D eigenvalue weighted by Gasteiger charge is -2.34. The van der Waals surface area contributed by atoms with Crippen LogP contribution in [-0.4, -0.2) is 50.9 Å². The summed E-state index contributed by atoms with van der Waals surface area (Å²) in [5.74, 6) is -0.209. The molecule has 0 aromatic heterocycles. The van der Waals surface area contributed by atoms with E-state index in [4.69, 9.17) is 4.74 Å². The van der Waals surface area contributed by atoms with E-state index in [0.29, 0.717) is 17.9 Å². The number of hydrogen-bond donors (Lipinski definition) is 1. The Kier molecular flexibility index (Phi) is 10.6. The number of aryl methyl sites for hydroxylation is 1. The summed E-state index contributed by atoms with van der Waals surface area (Å²) in [6, 6.07) is 21.7. The summed E-state index contributed by atoms with van der Waals surface area (Å²) in [5.41, 5.74) is 2.18. The number of hydrogen-bond acceptors (Lipinski definition) is 5. The highest BCUT2D eigenvalue weighted by Gasteiger charge is 2.34. The molecule has 4 rings (SSSR count). The van der Waals surface area contributed by atoms with Crippen molar-refractivity contribution in [2.75, 3.05) is 18.0 Å². The number of sulfonamides is 1. The molecule has 0 unspecified atom stereocenters. The molecule has 0 radical (unpaired) electrons. The van der Waals surface area contributed by atoms with Crippen LogP contribution in [0.1, 0.15) is 56.6 Å². The van der Waals surface area contributed by atoms with Gasteiger partial charge >= 0.3 is 0 Å². The van der Waals surface area contributed by atoms with Gasteiger partial charge in [-0.15, -0.1) is 0 Å². The number of benzene rings is 3. The molecule has 0 aliphatic heterocycles. The van der Waals surface area contributed by atoms with Crippen LogP contribution in [0, 0.1) is 6.92 Å². The Morgan fingerprint density at radius 2 is 1.64 bits per heavy atom. The molecule has 0 saturated heterocycles. The largest absolute Gasteiger partial charge is 0.497 e. The maximum absolute atomic E-state index is 14.3. The fourth-order valence-corrected chi connectivity index (χ4v) is 6.88. The van der Waals surface area contributed by atoms with Gasteiger partial charge in [0.2, 0.25) is 11.8 Å². The number of nitrogens with one attached hydrogen (secondary N) is 1. The van der Waals surface area contributed by atoms with E-state index >= 15 is 0 Å². The standard InChI is InChI=1S/C33H41N3O5S/c1-4-31(33(38)34-27-16-7-5-8-17-27)35(23-26-15-12-11-14-25(26)2)32(37)24-36(28-18-13-19-29(22-28)41-3)42(39,40)30-20-9-6-10-21-30/h6,9-15,18-22,27,31H,4-5,7-8,16-17,23-24H2,1-3H3,(H,34,38)/t31-/m1/s1. The van der Waals surface area contributed by atoms with Gasteiger partial charge in [0.25, 0.3) is 10.0 Å². The predicted molar refractivity (Wildman–Crippen MR) is 165 cm³/mol. The van der Waals surface area contributed by atoms with Crippen molar-refractivity contribution < 1.29 is 22.7 Å². The molecule has 9 heteroatoms. The zero-order chi connectivity index (χ0) is 30.1. The second kappa shape index (κ2) is 14.4. The van der Waals surface area contributed by atoms with E-state index in [1.807, 2.05) is 38.1 Å². The van der Waals surface area contributed by atoms with E-state index in [1.54, 1.807) is 42.5 Å². The van der Waals surface area contributed by atoms with Crippen LogP contribution in [0.25, 0.3) is 0 Å². The lowest BCUT2D eigenvalue weighted by Crippen LogP contribution is -2.54. The summed E-state index contributed by atoms with van der Waals surface area (Å²) >= 11 is 0. The minimum atomic E-state index is -4.13. The number of carbonyl (C=O) groups excluding carboxylic acids is 2. The third kappa shape index (κ3) is 7.50. The molecule has 1 aliphatic rings. The normalized spacial score (nSPS) is 14.5. The van der Waals surface area contributed by atoms with Gasteiger partial charge in [-0.2, -0.15) is 0 Å². The van der Waals surface area contributed by atoms with Crippen molar-refractivity contribution in [3.8, 4) is 5.75 Å². The Bertz CT molecular complexity index is 1460. The Labute approximate surface area is 249 Å². The molecule has 42 heavy (non-hydrogen) atoms. The highest BCUT2D eigenvalue weighted by Crippen LogP contribution is 2.28. The minimum Gasteiger partial charge on any atom is -0.497 e. The van der Waals surface area contributed by atoms with Gasteiger partial charge in [0, 0.05) is 18.7 Å². The molecule has 1 atom stereocenters. The second-order valence-electron chi connectivity index (χ2n) is 10.7. The van der Waals surface area contributed by atoms with E-state index in [1.165, 1.54) is 24.1 Å². The van der Waals surface area contributed by atoms with Crippen molar-refractivity contribution in [3.05, 3.63) is 90.0 Å². The van der Waals surface area contributed by atoms with Gasteiger partial charge in [0.1, 0.15) is 18.3 Å². The maximum atomic E-state index is 14.3. The van der Waals surface area contributed by atoms with Crippen molar-refractivity contribution in [1.82, 2.24) is 10.2 Å². The third-order valence-electron chi connectivity index (χ3n) is 7.89. The van der Waals surface area contributed by atoms with Gasteiger partial charge in [-0.25, -0.2) is 8.42 Å². The lowest BCUT2D eigenvalue weighted by molar-refractivity contribution is -0.140. The second-order valence-corrected chi connectivity index (χ2v) is 12.6. The summed E-state index contributed by atoms with van der Waals surface area (Å²) in [4.78, 5) is 29.5. The lowest BCUT2D eigenvalue weighted by atomic mass is 9.95. The molecule has 224 valence electrons. The van der Waals surface area contributed by atoms with E-state index in [-0.39, 0.29) is 23.4 Å². The number of carbonyl (C=O) groups is 2. The Balaban J connectivity index is 1.72. The fraction of sp³-hybridized carbons (Fsp3) is 0.394. The first-order chi connectivity index (χ1) is 20.2. The van der Waals surface area contributed by atoms with Crippen LogP contribution >= 0.6 is 0 Å². The molecule has 3 aromatic carbocycles. The van der Waals surface area contributed by atoms with Crippen molar-refractivity contribution in [2.24, 2.45) is 0 Å². The Hall–Kier alpha value is -3.85. The topological polar surface area (TPSA) is 96.0 Å². The highest BCUT2D eigenvalue weighted by atomic mass is 32.2. The quantitative estimate of drug-likeness (QED) is 0.302. The van der Waals surface area contributed by atoms with E-state index in [2.05, 4.69) is 5.32 Å². The van der Waals surface area contributed by atoms with Crippen LogP contribution in [0.4, 0.5) is 5.69 Å². The van der Waals surface area contributed by atoms with Crippen molar-refractivity contribution in [3.63, 3.8) is 0 Å². The van der Waals surface area contributed by atoms with Gasteiger partial charge < -0.3 is 15.0 Å². The first kappa shape index (κ1) is 31.1. The smallest absolute Gasteiger partial charge is 0.264 e. The number of nitrogens with zero attached hydrogens (tertiary/aromatic N) is 2. The number of ether oxygens (including phenoxy) is 1. The average molecular weight is 592 g/mol. The molecular formula is C33H41N3O5S. The molecule has 1 aliphatic carbocycles. The summed E-state index contributed by atoms with van der Waals surface area (Å²) in [5, 5.41) is 3.18. The Morgan fingerprint density at radius 3 is 2.31 bits per heavy atom. The average Bonchev–Trinajstić information content (AvgIpc) is 3.01. The van der Waals surface area contributed by atoms with Crippen LogP contribution in [0.3, 0.4) is 0 Å². The summed E-state index contributed by atoms with van der Waals surface area (Å²) in [7, 11) is -2.63. The van der Waals surface area contributed by atoms with Crippen molar-refractivity contribution in [1.29, 1.82) is 0 Å². The first-order valence-electron chi connectivity index (χ1n) is 14.6. The van der Waals surface area contributed by atoms with E-state index in [9.17, 15) is 18.0 Å². The molecule has 1 saturated carbocycles. The van der Waals surface area contributed by atoms with E-state index < -0.39 is 28.5 Å². The molecule has 2 amide bonds. The zero-order valence-electron chi connectivity index (χ0n) is 24.7. The van der Waals surface area contributed by atoms with Crippen LogP contribution in [0.5, 0.6) is 5.75 Å². The van der Waals surface area contributed by atoms with Gasteiger partial charge in [-0.05, 0) is 61.6 Å². The number of rotatable bonds is 12. The van der Waals surface area contributed by atoms with E-state index in [0.717, 1.165) is 47.5 Å². The molecule has 0 bridgehead atoms. The summed E-state index contributed by atoms with van der Waals surface area (Å²) in [6.45, 7) is 3.54. The maximum Gasteiger partial charge on any atom is 0.264 e. The molecular weight excluding hydrogens is 550 g/mol. The van der Waals surface area contributed by atoms with Gasteiger partial charge in [0.05, 0.1) is 17.7 Å². The van der Waals surface area contributed by atoms with Gasteiger partial charge in [-0.1, -0.05) is 74.7 Å². The highest BCUT2D eigenvalue weighted by molar-refractivity contribution is 7.92. The molecule has 0 heterocycles. The molecule has 3 aromatic rings. The van der Waals surface area contributed by atoms with Gasteiger partial charge in [0.15, 0.2) is 0 Å². The van der Waals surface area contributed by atoms with Crippen molar-refractivity contribution >= 4 is 27.5 Å². The van der Waals surface area contributed by atoms with Crippen LogP contribution in [-0.2, 0) is 26.2 Å². The molecule has 1 N–H and O–H groups in total. The Morgan fingerprint density at radius 1 is 0.952 bits per heavy atom. The summed E-state index contributed by atoms with van der Waals surface area (Å²) in [6.07, 6.45) is 5.54. The minimum absolute atomic E-state index is 0.0631. The SMILES string of the molecule is CC[C@H](C(=O)NC1CCCCC1)N(Cc1ccccc1C)C(=O)CN(c1cccc(OC)c1)S(=O)(=O)c1ccccc1. The van der Waals surface area contributed by atoms with Crippen LogP contribution in [0.2, 0.25) is 0 Å². The van der Waals surface area contributed by atoms with Gasteiger partial charge in [-0.3, -0.25) is 13.9 Å². The third-order valence-corrected chi connectivity index (χ3v) is 9.68. The monoisotopic (exact) mass is 591 g/mol. The van der Waals surface area contributed by atoms with Crippen LogP contribution in [0.15, 0.2) is 83.8 Å². The molecule has 0 spiro atoms. The zero-order valence-corrected chi connectivity index (χ0v) is 25.5.